The lowest BCUT2D eigenvalue weighted by Gasteiger charge is -2.40. The first-order valence-corrected chi connectivity index (χ1v) is 9.06. The van der Waals surface area contributed by atoms with Gasteiger partial charge in [-0.15, -0.1) is 0 Å². The Bertz CT molecular complexity index is 611. The Balaban J connectivity index is 2.16. The number of pyridine rings is 1. The van der Waals surface area contributed by atoms with Gasteiger partial charge in [-0.05, 0) is 42.4 Å². The Morgan fingerprint density at radius 3 is 2.64 bits per heavy atom. The van der Waals surface area contributed by atoms with Gasteiger partial charge < -0.3 is 10.2 Å². The van der Waals surface area contributed by atoms with Crippen molar-refractivity contribution in [3.8, 4) is 0 Å². The van der Waals surface area contributed by atoms with Crippen LogP contribution in [0.1, 0.15) is 46.1 Å². The van der Waals surface area contributed by atoms with Crippen LogP contribution in [0.4, 0.5) is 0 Å². The molecule has 1 saturated heterocycles. The summed E-state index contributed by atoms with van der Waals surface area (Å²) in [6, 6.07) is 3.35. The highest BCUT2D eigenvalue weighted by Crippen LogP contribution is 2.20. The van der Waals surface area contributed by atoms with E-state index in [-0.39, 0.29) is 17.9 Å². The number of amides is 2. The van der Waals surface area contributed by atoms with E-state index in [0.717, 1.165) is 12.0 Å². The molecule has 136 valence electrons. The minimum atomic E-state index is -0.394. The van der Waals surface area contributed by atoms with Crippen molar-refractivity contribution in [1.82, 2.24) is 15.2 Å². The van der Waals surface area contributed by atoms with Crippen LogP contribution in [0.2, 0.25) is 0 Å². The van der Waals surface area contributed by atoms with Gasteiger partial charge in [0, 0.05) is 31.1 Å². The molecule has 0 bridgehead atoms. The molecule has 2 amide bonds. The second-order valence-corrected chi connectivity index (χ2v) is 7.59. The third-order valence-corrected chi connectivity index (χ3v) is 4.28. The molecular formula is C20H29N3O2. The van der Waals surface area contributed by atoms with Gasteiger partial charge in [0.25, 0.3) is 0 Å². The number of carbonyl (C=O) groups excluding carboxylic acids is 2. The molecule has 1 aromatic heterocycles. The van der Waals surface area contributed by atoms with Crippen LogP contribution in [0.25, 0.3) is 6.08 Å². The summed E-state index contributed by atoms with van der Waals surface area (Å²) in [6.07, 6.45) is 8.26. The molecule has 1 aliphatic heterocycles. The highest BCUT2D eigenvalue weighted by molar-refractivity contribution is 5.96. The van der Waals surface area contributed by atoms with Gasteiger partial charge in [0.15, 0.2) is 0 Å². The third-order valence-electron chi connectivity index (χ3n) is 4.28. The fraction of sp³-hybridized carbons (Fsp3) is 0.550. The fourth-order valence-electron chi connectivity index (χ4n) is 3.21. The second kappa shape index (κ2) is 8.79. The van der Waals surface area contributed by atoms with Crippen molar-refractivity contribution in [2.24, 2.45) is 11.8 Å². The Labute approximate surface area is 150 Å². The molecule has 2 atom stereocenters. The van der Waals surface area contributed by atoms with E-state index in [2.05, 4.69) is 38.0 Å². The van der Waals surface area contributed by atoms with Crippen LogP contribution in [0.3, 0.4) is 0 Å². The molecule has 1 aromatic rings. The molecule has 1 N–H and O–H groups in total. The van der Waals surface area contributed by atoms with Crippen molar-refractivity contribution in [2.45, 2.75) is 52.6 Å². The van der Waals surface area contributed by atoms with Gasteiger partial charge in [0.2, 0.25) is 11.8 Å². The Morgan fingerprint density at radius 2 is 2.04 bits per heavy atom. The molecule has 25 heavy (non-hydrogen) atoms. The van der Waals surface area contributed by atoms with E-state index >= 15 is 0 Å². The summed E-state index contributed by atoms with van der Waals surface area (Å²) >= 11 is 0. The van der Waals surface area contributed by atoms with Crippen molar-refractivity contribution in [2.75, 3.05) is 6.54 Å². The van der Waals surface area contributed by atoms with Crippen molar-refractivity contribution in [3.05, 3.63) is 36.2 Å². The molecule has 1 fully saturated rings. The molecule has 2 heterocycles. The minimum Gasteiger partial charge on any atom is -0.350 e. The monoisotopic (exact) mass is 343 g/mol. The van der Waals surface area contributed by atoms with Crippen LogP contribution in [-0.4, -0.2) is 40.3 Å². The van der Waals surface area contributed by atoms with Crippen LogP contribution in [0.15, 0.2) is 30.6 Å². The van der Waals surface area contributed by atoms with E-state index in [4.69, 9.17) is 0 Å². The van der Waals surface area contributed by atoms with Crippen LogP contribution in [0, 0.1) is 11.8 Å². The van der Waals surface area contributed by atoms with Crippen LogP contribution in [0.5, 0.6) is 0 Å². The topological polar surface area (TPSA) is 62.3 Å². The zero-order chi connectivity index (χ0) is 18.4. The number of carbonyl (C=O) groups is 2. The predicted molar refractivity (Wildman–Crippen MR) is 99.6 cm³/mol. The smallest absolute Gasteiger partial charge is 0.247 e. The lowest BCUT2D eigenvalue weighted by Crippen LogP contribution is -2.61. The van der Waals surface area contributed by atoms with Gasteiger partial charge in [-0.3, -0.25) is 14.6 Å². The average Bonchev–Trinajstić information content (AvgIpc) is 2.55. The zero-order valence-corrected chi connectivity index (χ0v) is 15.6. The zero-order valence-electron chi connectivity index (χ0n) is 15.6. The molecule has 1 aliphatic rings. The summed E-state index contributed by atoms with van der Waals surface area (Å²) in [5.41, 5.74) is 0.872. The van der Waals surface area contributed by atoms with E-state index in [1.165, 1.54) is 0 Å². The summed E-state index contributed by atoms with van der Waals surface area (Å²) in [5.74, 6) is 0.664. The van der Waals surface area contributed by atoms with E-state index in [1.54, 1.807) is 29.4 Å². The second-order valence-electron chi connectivity index (χ2n) is 7.59. The quantitative estimate of drug-likeness (QED) is 0.808. The lowest BCUT2D eigenvalue weighted by molar-refractivity contribution is -0.142. The van der Waals surface area contributed by atoms with Gasteiger partial charge in [0.1, 0.15) is 6.04 Å². The van der Waals surface area contributed by atoms with Crippen LogP contribution >= 0.6 is 0 Å². The summed E-state index contributed by atoms with van der Waals surface area (Å²) in [7, 11) is 0. The van der Waals surface area contributed by atoms with Gasteiger partial charge in [-0.1, -0.05) is 33.8 Å². The van der Waals surface area contributed by atoms with Crippen molar-refractivity contribution >= 4 is 17.9 Å². The molecule has 0 saturated carbocycles. The highest BCUT2D eigenvalue weighted by atomic mass is 16.2. The van der Waals surface area contributed by atoms with Gasteiger partial charge in [-0.2, -0.15) is 0 Å². The summed E-state index contributed by atoms with van der Waals surface area (Å²) < 4.78 is 0. The Kier molecular flexibility index (Phi) is 6.73. The molecule has 5 nitrogen and oxygen atoms in total. The molecule has 5 heteroatoms. The van der Waals surface area contributed by atoms with Gasteiger partial charge >= 0.3 is 0 Å². The Morgan fingerprint density at radius 1 is 1.32 bits per heavy atom. The van der Waals surface area contributed by atoms with E-state index < -0.39 is 6.04 Å². The first-order chi connectivity index (χ1) is 11.9. The molecule has 0 unspecified atom stereocenters. The van der Waals surface area contributed by atoms with Crippen LogP contribution < -0.4 is 5.32 Å². The van der Waals surface area contributed by atoms with Gasteiger partial charge in [-0.25, -0.2) is 0 Å². The summed E-state index contributed by atoms with van der Waals surface area (Å²) in [4.78, 5) is 31.1. The average molecular weight is 343 g/mol. The number of hydrogen-bond donors (Lipinski definition) is 1. The first-order valence-electron chi connectivity index (χ1n) is 9.06. The predicted octanol–water partition coefficient (Wildman–Crippen LogP) is 2.88. The number of rotatable bonds is 6. The third kappa shape index (κ3) is 5.69. The van der Waals surface area contributed by atoms with E-state index in [9.17, 15) is 9.59 Å². The molecule has 0 spiro atoms. The normalized spacial score (nSPS) is 21.2. The van der Waals surface area contributed by atoms with Crippen molar-refractivity contribution in [1.29, 1.82) is 0 Å². The van der Waals surface area contributed by atoms with Crippen molar-refractivity contribution in [3.63, 3.8) is 0 Å². The Hall–Kier alpha value is -2.17. The maximum Gasteiger partial charge on any atom is 0.247 e. The summed E-state index contributed by atoms with van der Waals surface area (Å²) in [5, 5.41) is 3.09. The number of nitrogens with one attached hydrogen (secondary N) is 1. The number of nitrogens with zero attached hydrogens (tertiary/aromatic N) is 2. The standard InChI is InChI=1S/C20H29N3O2/c1-14(2)10-17-13-23(18(11-15(3)4)20(25)22-17)19(24)8-7-16-6-5-9-21-12-16/h5-9,12,14-15,17-18H,10-11,13H2,1-4H3,(H,22,25)/b8-7+/t17-,18-/m0/s1. The maximum absolute atomic E-state index is 12.8. The fourth-order valence-corrected chi connectivity index (χ4v) is 3.21. The molecule has 0 radical (unpaired) electrons. The van der Waals surface area contributed by atoms with E-state index in [1.807, 2.05) is 12.1 Å². The van der Waals surface area contributed by atoms with Crippen molar-refractivity contribution < 1.29 is 9.59 Å². The SMILES string of the molecule is CC(C)C[C@H]1CN(C(=O)/C=C/c2cccnc2)[C@@H](CC(C)C)C(=O)N1. The number of hydrogen-bond acceptors (Lipinski definition) is 3. The largest absolute Gasteiger partial charge is 0.350 e. The molecular weight excluding hydrogens is 314 g/mol. The van der Waals surface area contributed by atoms with E-state index in [0.29, 0.717) is 24.8 Å². The molecule has 0 aliphatic carbocycles. The number of piperazine rings is 1. The lowest BCUT2D eigenvalue weighted by atomic mass is 9.95. The minimum absolute atomic E-state index is 0.0201. The molecule has 2 rings (SSSR count). The van der Waals surface area contributed by atoms with Crippen LogP contribution in [-0.2, 0) is 9.59 Å². The first kappa shape index (κ1) is 19.2. The summed E-state index contributed by atoms with van der Waals surface area (Å²) in [6.45, 7) is 8.96. The number of aromatic nitrogens is 1. The molecule has 0 aromatic carbocycles. The maximum atomic E-state index is 12.8. The highest BCUT2D eigenvalue weighted by Gasteiger charge is 2.36. The van der Waals surface area contributed by atoms with Gasteiger partial charge in [0.05, 0.1) is 0 Å².